The number of fused-ring (bicyclic) bond motifs is 3. The zero-order chi connectivity index (χ0) is 23.1. The molecule has 34 heavy (non-hydrogen) atoms. The van der Waals surface area contributed by atoms with E-state index < -0.39 is 11.6 Å². The van der Waals surface area contributed by atoms with Gasteiger partial charge in [0.05, 0.1) is 5.69 Å². The predicted molar refractivity (Wildman–Crippen MR) is 138 cm³/mol. The van der Waals surface area contributed by atoms with Gasteiger partial charge in [-0.25, -0.2) is 8.78 Å². The molecule has 6 rings (SSSR count). The molecule has 1 saturated carbocycles. The lowest BCUT2D eigenvalue weighted by Crippen LogP contribution is -2.09. The second-order valence-electron chi connectivity index (χ2n) is 9.38. The summed E-state index contributed by atoms with van der Waals surface area (Å²) < 4.78 is 30.4. The molecule has 0 N–H and O–H groups in total. The Balaban J connectivity index is 1.41. The molecule has 0 unspecified atom stereocenters. The molecular formula is C30H25F2NS. The highest BCUT2D eigenvalue weighted by atomic mass is 32.1. The van der Waals surface area contributed by atoms with Crippen LogP contribution in [0.25, 0.3) is 42.6 Å². The molecule has 0 bridgehead atoms. The van der Waals surface area contributed by atoms with E-state index in [2.05, 4.69) is 30.3 Å². The largest absolute Gasteiger partial charge is 0.256 e. The molecule has 170 valence electrons. The van der Waals surface area contributed by atoms with Gasteiger partial charge >= 0.3 is 0 Å². The molecule has 0 amide bonds. The molecule has 2 heterocycles. The number of thiophene rings is 1. The Morgan fingerprint density at radius 1 is 0.824 bits per heavy atom. The van der Waals surface area contributed by atoms with E-state index >= 15 is 0 Å². The average molecular weight is 470 g/mol. The summed E-state index contributed by atoms with van der Waals surface area (Å²) in [5, 5.41) is 2.30. The molecule has 0 radical (unpaired) electrons. The molecule has 0 saturated heterocycles. The second kappa shape index (κ2) is 8.92. The summed E-state index contributed by atoms with van der Waals surface area (Å²) in [5.74, 6) is -0.0680. The van der Waals surface area contributed by atoms with Gasteiger partial charge in [-0.05, 0) is 59.9 Å². The SMILES string of the molecule is Fc1ccc(F)c(-c2ccc3c(c2)sc2c(-c4cc(CC5CCCCC5)ccn4)cccc23)c1. The fourth-order valence-corrected chi connectivity index (χ4v) is 6.62. The molecule has 1 aliphatic carbocycles. The molecule has 5 aromatic rings. The van der Waals surface area contributed by atoms with Gasteiger partial charge in [0.15, 0.2) is 0 Å². The molecule has 1 nitrogen and oxygen atoms in total. The first-order valence-electron chi connectivity index (χ1n) is 12.0. The van der Waals surface area contributed by atoms with Crippen molar-refractivity contribution in [3.8, 4) is 22.4 Å². The Hall–Kier alpha value is -3.11. The number of hydrogen-bond acceptors (Lipinski definition) is 2. The van der Waals surface area contributed by atoms with E-state index in [9.17, 15) is 8.78 Å². The van der Waals surface area contributed by atoms with Crippen LogP contribution in [-0.2, 0) is 6.42 Å². The minimum Gasteiger partial charge on any atom is -0.256 e. The van der Waals surface area contributed by atoms with Gasteiger partial charge in [0.1, 0.15) is 11.6 Å². The van der Waals surface area contributed by atoms with E-state index in [1.165, 1.54) is 59.9 Å². The first-order chi connectivity index (χ1) is 16.7. The second-order valence-corrected chi connectivity index (χ2v) is 10.4. The predicted octanol–water partition coefficient (Wildman–Crippen LogP) is 9.18. The van der Waals surface area contributed by atoms with Crippen LogP contribution in [0.5, 0.6) is 0 Å². The Labute approximate surface area is 202 Å². The highest BCUT2D eigenvalue weighted by Gasteiger charge is 2.16. The van der Waals surface area contributed by atoms with Gasteiger partial charge in [-0.15, -0.1) is 11.3 Å². The van der Waals surface area contributed by atoms with Crippen LogP contribution in [0.3, 0.4) is 0 Å². The molecule has 1 fully saturated rings. The van der Waals surface area contributed by atoms with Gasteiger partial charge in [0.2, 0.25) is 0 Å². The topological polar surface area (TPSA) is 12.9 Å². The van der Waals surface area contributed by atoms with E-state index in [4.69, 9.17) is 4.98 Å². The van der Waals surface area contributed by atoms with Crippen molar-refractivity contribution in [2.75, 3.05) is 0 Å². The van der Waals surface area contributed by atoms with Crippen molar-refractivity contribution in [1.82, 2.24) is 4.98 Å². The molecule has 3 aromatic carbocycles. The third kappa shape index (κ3) is 4.01. The number of nitrogens with zero attached hydrogens (tertiary/aromatic N) is 1. The fraction of sp³-hybridized carbons (Fsp3) is 0.233. The summed E-state index contributed by atoms with van der Waals surface area (Å²) in [6, 6.07) is 20.2. The van der Waals surface area contributed by atoms with Crippen molar-refractivity contribution in [1.29, 1.82) is 0 Å². The van der Waals surface area contributed by atoms with Crippen molar-refractivity contribution >= 4 is 31.5 Å². The van der Waals surface area contributed by atoms with Crippen LogP contribution in [0.2, 0.25) is 0 Å². The summed E-state index contributed by atoms with van der Waals surface area (Å²) >= 11 is 1.69. The number of halogens is 2. The third-order valence-electron chi connectivity index (χ3n) is 7.09. The molecular weight excluding hydrogens is 444 g/mol. The summed E-state index contributed by atoms with van der Waals surface area (Å²) in [6.45, 7) is 0. The summed E-state index contributed by atoms with van der Waals surface area (Å²) in [5.41, 5.74) is 4.46. The van der Waals surface area contributed by atoms with Crippen LogP contribution >= 0.6 is 11.3 Å². The van der Waals surface area contributed by atoms with Crippen molar-refractivity contribution in [3.63, 3.8) is 0 Å². The maximum Gasteiger partial charge on any atom is 0.131 e. The summed E-state index contributed by atoms with van der Waals surface area (Å²) in [7, 11) is 0. The molecule has 0 spiro atoms. The van der Waals surface area contributed by atoms with Crippen molar-refractivity contribution in [3.05, 3.63) is 90.1 Å². The Kier molecular flexibility index (Phi) is 5.62. The maximum atomic E-state index is 14.4. The highest BCUT2D eigenvalue weighted by Crippen LogP contribution is 2.41. The molecule has 0 aliphatic heterocycles. The van der Waals surface area contributed by atoms with E-state index in [-0.39, 0.29) is 5.56 Å². The van der Waals surface area contributed by atoms with E-state index in [1.807, 2.05) is 24.4 Å². The summed E-state index contributed by atoms with van der Waals surface area (Å²) in [4.78, 5) is 4.72. The minimum absolute atomic E-state index is 0.289. The first-order valence-corrected chi connectivity index (χ1v) is 12.8. The quantitative estimate of drug-likeness (QED) is 0.256. The van der Waals surface area contributed by atoms with Crippen LogP contribution in [0.1, 0.15) is 37.7 Å². The number of rotatable bonds is 4. The number of pyridine rings is 1. The summed E-state index contributed by atoms with van der Waals surface area (Å²) in [6.07, 6.45) is 9.80. The van der Waals surface area contributed by atoms with Crippen LogP contribution in [-0.4, -0.2) is 4.98 Å². The number of aromatic nitrogens is 1. The van der Waals surface area contributed by atoms with Crippen LogP contribution in [0.15, 0.2) is 72.9 Å². The van der Waals surface area contributed by atoms with Crippen molar-refractivity contribution < 1.29 is 8.78 Å². The monoisotopic (exact) mass is 469 g/mol. The highest BCUT2D eigenvalue weighted by molar-refractivity contribution is 7.26. The first kappa shape index (κ1) is 21.4. The molecule has 2 aromatic heterocycles. The van der Waals surface area contributed by atoms with Crippen LogP contribution in [0.4, 0.5) is 8.78 Å². The Morgan fingerprint density at radius 2 is 1.71 bits per heavy atom. The molecule has 1 aliphatic rings. The van der Waals surface area contributed by atoms with E-state index in [0.29, 0.717) is 5.56 Å². The third-order valence-corrected chi connectivity index (χ3v) is 8.29. The molecule has 0 atom stereocenters. The van der Waals surface area contributed by atoms with Crippen molar-refractivity contribution in [2.24, 2.45) is 5.92 Å². The maximum absolute atomic E-state index is 14.4. The van der Waals surface area contributed by atoms with Crippen molar-refractivity contribution in [2.45, 2.75) is 38.5 Å². The molecule has 4 heteroatoms. The minimum atomic E-state index is -0.436. The van der Waals surface area contributed by atoms with Crippen LogP contribution < -0.4 is 0 Å². The van der Waals surface area contributed by atoms with Gasteiger partial charge in [0.25, 0.3) is 0 Å². The van der Waals surface area contributed by atoms with Crippen LogP contribution in [0, 0.1) is 17.6 Å². The number of benzene rings is 3. The lowest BCUT2D eigenvalue weighted by Gasteiger charge is -2.21. The normalized spacial score (nSPS) is 14.8. The Bertz CT molecular complexity index is 1500. The fourth-order valence-electron chi connectivity index (χ4n) is 5.36. The standard InChI is InChI=1S/C30H25F2NS/c31-22-10-12-27(32)26(18-22)21-9-11-23-24-7-4-8-25(30(24)34-29(23)17-21)28-16-20(13-14-33-28)15-19-5-2-1-3-6-19/h4,7-14,16-19H,1-3,5-6,15H2. The average Bonchev–Trinajstić information content (AvgIpc) is 3.24. The number of hydrogen-bond donors (Lipinski definition) is 0. The van der Waals surface area contributed by atoms with Gasteiger partial charge in [-0.1, -0.05) is 62.4 Å². The van der Waals surface area contributed by atoms with Gasteiger partial charge < -0.3 is 0 Å². The lowest BCUT2D eigenvalue weighted by molar-refractivity contribution is 0.356. The smallest absolute Gasteiger partial charge is 0.131 e. The van der Waals surface area contributed by atoms with E-state index in [1.54, 1.807) is 11.3 Å². The van der Waals surface area contributed by atoms with E-state index in [0.717, 1.165) is 39.7 Å². The lowest BCUT2D eigenvalue weighted by atomic mass is 9.85. The Morgan fingerprint density at radius 3 is 2.59 bits per heavy atom. The van der Waals surface area contributed by atoms with Gasteiger partial charge in [0, 0.05) is 37.5 Å². The van der Waals surface area contributed by atoms with Gasteiger partial charge in [-0.2, -0.15) is 0 Å². The van der Waals surface area contributed by atoms with Gasteiger partial charge in [-0.3, -0.25) is 4.98 Å². The zero-order valence-corrected chi connectivity index (χ0v) is 19.7. The zero-order valence-electron chi connectivity index (χ0n) is 18.9.